The van der Waals surface area contributed by atoms with E-state index >= 15 is 0 Å². The van der Waals surface area contributed by atoms with Gasteiger partial charge in [-0.2, -0.15) is 0 Å². The van der Waals surface area contributed by atoms with Gasteiger partial charge in [0.25, 0.3) is 0 Å². The Bertz CT molecular complexity index is 565. The number of rotatable bonds is 7. The fourth-order valence-corrected chi connectivity index (χ4v) is 8.65. The molecule has 0 radical (unpaired) electrons. The quantitative estimate of drug-likeness (QED) is 0.225. The van der Waals surface area contributed by atoms with Gasteiger partial charge in [0.2, 0.25) is 0 Å². The van der Waals surface area contributed by atoms with E-state index in [1.54, 1.807) is 5.57 Å². The van der Waals surface area contributed by atoms with E-state index in [1.165, 1.54) is 96.3 Å². The Kier molecular flexibility index (Phi) is 6.57. The Labute approximate surface area is 180 Å². The normalized spacial score (nSPS) is 45.1. The number of allylic oxidation sites excluding steroid dienone is 2. The molecule has 160 valence electrons. The van der Waals surface area contributed by atoms with Gasteiger partial charge < -0.3 is 0 Å². The molecule has 0 spiro atoms. The van der Waals surface area contributed by atoms with Crippen molar-refractivity contribution < 1.29 is 0 Å². The summed E-state index contributed by atoms with van der Waals surface area (Å²) in [5.41, 5.74) is 2.87. The topological polar surface area (TPSA) is 0 Å². The molecule has 0 bridgehead atoms. The van der Waals surface area contributed by atoms with Crippen molar-refractivity contribution in [3.05, 3.63) is 11.6 Å². The van der Waals surface area contributed by atoms with Gasteiger partial charge in [0.1, 0.15) is 0 Å². The highest BCUT2D eigenvalue weighted by Gasteiger charge is 2.58. The zero-order valence-corrected chi connectivity index (χ0v) is 19.7. The minimum Gasteiger partial charge on any atom is -0.123 e. The van der Waals surface area contributed by atoms with E-state index in [4.69, 9.17) is 11.6 Å². The van der Waals surface area contributed by atoms with Crippen LogP contribution in [0.2, 0.25) is 0 Å². The molecule has 0 nitrogen and oxygen atoms in total. The lowest BCUT2D eigenvalue weighted by atomic mass is 9.47. The first-order chi connectivity index (χ1) is 13.5. The Balaban J connectivity index is 1.39. The second-order valence-corrected chi connectivity index (χ2v) is 12.1. The first kappa shape index (κ1) is 21.3. The lowest BCUT2D eigenvalue weighted by Gasteiger charge is -2.58. The van der Waals surface area contributed by atoms with Crippen molar-refractivity contribution in [2.24, 2.45) is 34.5 Å². The van der Waals surface area contributed by atoms with Crippen molar-refractivity contribution in [3.8, 4) is 0 Å². The summed E-state index contributed by atoms with van der Waals surface area (Å²) in [7, 11) is 0. The van der Waals surface area contributed by atoms with Gasteiger partial charge in [-0.15, -0.1) is 11.6 Å². The van der Waals surface area contributed by atoms with Gasteiger partial charge in [0.05, 0.1) is 0 Å². The van der Waals surface area contributed by atoms with Gasteiger partial charge in [-0.05, 0) is 92.3 Å². The van der Waals surface area contributed by atoms with Gasteiger partial charge in [-0.3, -0.25) is 0 Å². The van der Waals surface area contributed by atoms with Crippen LogP contribution in [0.1, 0.15) is 117 Å². The van der Waals surface area contributed by atoms with Crippen molar-refractivity contribution >= 4 is 11.6 Å². The number of unbranched alkanes of at least 4 members (excludes halogenated alkanes) is 5. The van der Waals surface area contributed by atoms with Gasteiger partial charge in [-0.1, -0.05) is 70.9 Å². The number of halogens is 1. The maximum absolute atomic E-state index is 6.55. The molecule has 0 unspecified atom stereocenters. The van der Waals surface area contributed by atoms with E-state index in [2.05, 4.69) is 26.8 Å². The second-order valence-electron chi connectivity index (χ2n) is 11.5. The van der Waals surface area contributed by atoms with Crippen LogP contribution in [0.25, 0.3) is 0 Å². The van der Waals surface area contributed by atoms with Crippen LogP contribution in [0, 0.1) is 34.5 Å². The molecule has 1 heteroatoms. The molecule has 0 aromatic rings. The third-order valence-corrected chi connectivity index (χ3v) is 10.5. The van der Waals surface area contributed by atoms with Crippen molar-refractivity contribution in [3.63, 3.8) is 0 Å². The Morgan fingerprint density at radius 1 is 0.929 bits per heavy atom. The second kappa shape index (κ2) is 8.64. The Morgan fingerprint density at radius 2 is 1.71 bits per heavy atom. The first-order valence-corrected chi connectivity index (χ1v) is 13.3. The van der Waals surface area contributed by atoms with Crippen LogP contribution in [0.4, 0.5) is 0 Å². The number of fused-ring (bicyclic) bond motifs is 5. The maximum Gasteiger partial charge on any atom is 0.0373 e. The van der Waals surface area contributed by atoms with Crippen LogP contribution >= 0.6 is 11.6 Å². The van der Waals surface area contributed by atoms with E-state index in [0.717, 1.165) is 23.7 Å². The lowest BCUT2D eigenvalue weighted by Crippen LogP contribution is -2.50. The van der Waals surface area contributed by atoms with Gasteiger partial charge in [-0.25, -0.2) is 0 Å². The standard InChI is InChI=1S/C27H45Cl/c1-4-5-6-7-8-9-10-20-12-14-24-23-13-11-21-19-22(28)15-17-27(21,3)25(23)16-18-26(20,24)2/h11,20,22-25H,4-10,12-19H2,1-3H3/t20-,22+,23-,24-,25-,26-,27+/m1/s1. The highest BCUT2D eigenvalue weighted by molar-refractivity contribution is 6.20. The van der Waals surface area contributed by atoms with E-state index < -0.39 is 0 Å². The van der Waals surface area contributed by atoms with E-state index in [0.29, 0.717) is 16.2 Å². The van der Waals surface area contributed by atoms with E-state index in [9.17, 15) is 0 Å². The largest absolute Gasteiger partial charge is 0.123 e. The highest BCUT2D eigenvalue weighted by atomic mass is 35.5. The summed E-state index contributed by atoms with van der Waals surface area (Å²) >= 11 is 6.55. The fourth-order valence-electron chi connectivity index (χ4n) is 8.37. The third kappa shape index (κ3) is 3.74. The lowest BCUT2D eigenvalue weighted by molar-refractivity contribution is -0.0423. The van der Waals surface area contributed by atoms with Crippen molar-refractivity contribution in [2.45, 2.75) is 122 Å². The molecule has 0 saturated heterocycles. The van der Waals surface area contributed by atoms with Crippen LogP contribution in [-0.2, 0) is 0 Å². The molecule has 0 heterocycles. The van der Waals surface area contributed by atoms with Crippen molar-refractivity contribution in [2.75, 3.05) is 0 Å². The summed E-state index contributed by atoms with van der Waals surface area (Å²) < 4.78 is 0. The highest BCUT2D eigenvalue weighted by Crippen LogP contribution is 2.66. The van der Waals surface area contributed by atoms with Crippen molar-refractivity contribution in [1.29, 1.82) is 0 Å². The Morgan fingerprint density at radius 3 is 2.54 bits per heavy atom. The molecular weight excluding hydrogens is 360 g/mol. The van der Waals surface area contributed by atoms with Crippen LogP contribution in [0.15, 0.2) is 11.6 Å². The predicted molar refractivity (Wildman–Crippen MR) is 123 cm³/mol. The molecule has 7 atom stereocenters. The zero-order valence-electron chi connectivity index (χ0n) is 18.9. The summed E-state index contributed by atoms with van der Waals surface area (Å²) in [5, 5.41) is 0.401. The fraction of sp³-hybridized carbons (Fsp3) is 0.926. The molecule has 28 heavy (non-hydrogen) atoms. The smallest absolute Gasteiger partial charge is 0.0373 e. The molecule has 0 N–H and O–H groups in total. The van der Waals surface area contributed by atoms with Gasteiger partial charge in [0.15, 0.2) is 0 Å². The molecule has 4 rings (SSSR count). The summed E-state index contributed by atoms with van der Waals surface area (Å²) in [4.78, 5) is 0. The molecule has 4 aliphatic carbocycles. The molecule has 0 aromatic heterocycles. The molecule has 0 aliphatic heterocycles. The minimum atomic E-state index is 0.401. The monoisotopic (exact) mass is 404 g/mol. The van der Waals surface area contributed by atoms with Gasteiger partial charge >= 0.3 is 0 Å². The van der Waals surface area contributed by atoms with Crippen molar-refractivity contribution in [1.82, 2.24) is 0 Å². The van der Waals surface area contributed by atoms with Crippen LogP contribution < -0.4 is 0 Å². The number of hydrogen-bond donors (Lipinski definition) is 0. The average molecular weight is 405 g/mol. The SMILES string of the molecule is CCCCCCCC[C@@H]1CC[C@@H]2[C@H]3CC=C4C[C@@H](Cl)CC[C@]4(C)[C@@H]3CC[C@]12C. The number of hydrogen-bond acceptors (Lipinski definition) is 0. The average Bonchev–Trinajstić information content (AvgIpc) is 3.01. The summed E-state index contributed by atoms with van der Waals surface area (Å²) in [6.45, 7) is 7.64. The molecule has 0 amide bonds. The summed E-state index contributed by atoms with van der Waals surface area (Å²) in [6, 6.07) is 0. The first-order valence-electron chi connectivity index (χ1n) is 12.8. The molecule has 0 aromatic carbocycles. The van der Waals surface area contributed by atoms with Crippen LogP contribution in [0.3, 0.4) is 0 Å². The third-order valence-electron chi connectivity index (χ3n) is 10.1. The number of alkyl halides is 1. The molecule has 3 saturated carbocycles. The molecule has 4 aliphatic rings. The summed E-state index contributed by atoms with van der Waals surface area (Å²) in [6.07, 6.45) is 24.1. The van der Waals surface area contributed by atoms with Crippen LogP contribution in [0.5, 0.6) is 0 Å². The maximum atomic E-state index is 6.55. The van der Waals surface area contributed by atoms with E-state index in [1.807, 2.05) is 0 Å². The summed E-state index contributed by atoms with van der Waals surface area (Å²) in [5.74, 6) is 3.93. The van der Waals surface area contributed by atoms with E-state index in [-0.39, 0.29) is 0 Å². The molecule has 3 fully saturated rings. The Hall–Kier alpha value is 0.0300. The minimum absolute atomic E-state index is 0.401. The zero-order chi connectivity index (χ0) is 19.8. The predicted octanol–water partition coefficient (Wildman–Crippen LogP) is 8.92. The van der Waals surface area contributed by atoms with Crippen LogP contribution in [-0.4, -0.2) is 5.38 Å². The van der Waals surface area contributed by atoms with Gasteiger partial charge in [0, 0.05) is 5.38 Å². The molecular formula is C27H45Cl.